The maximum atomic E-state index is 12.8. The van der Waals surface area contributed by atoms with Gasteiger partial charge in [0.2, 0.25) is 17.7 Å². The van der Waals surface area contributed by atoms with Gasteiger partial charge in [-0.1, -0.05) is 17.7 Å². The van der Waals surface area contributed by atoms with Crippen molar-refractivity contribution in [3.8, 4) is 11.5 Å². The van der Waals surface area contributed by atoms with Crippen LogP contribution in [0, 0.1) is 6.92 Å². The van der Waals surface area contributed by atoms with Crippen molar-refractivity contribution in [3.63, 3.8) is 0 Å². The van der Waals surface area contributed by atoms with Crippen LogP contribution in [0.5, 0.6) is 0 Å². The second kappa shape index (κ2) is 8.19. The van der Waals surface area contributed by atoms with E-state index in [0.29, 0.717) is 37.8 Å². The molecule has 3 heterocycles. The summed E-state index contributed by atoms with van der Waals surface area (Å²) in [5.41, 5.74) is 2.06. The average molecular weight is 371 g/mol. The summed E-state index contributed by atoms with van der Waals surface area (Å²) in [5, 5.41) is 8.19. The maximum Gasteiger partial charge on any atom is 0.247 e. The van der Waals surface area contributed by atoms with Crippen LogP contribution in [0.1, 0.15) is 37.1 Å². The number of piperidine rings is 1. The fourth-order valence-corrected chi connectivity index (χ4v) is 3.67. The number of carbonyl (C=O) groups is 1. The first-order valence-electron chi connectivity index (χ1n) is 9.63. The lowest BCUT2D eigenvalue weighted by Gasteiger charge is -2.38. The van der Waals surface area contributed by atoms with Gasteiger partial charge in [-0.3, -0.25) is 4.79 Å². The third kappa shape index (κ3) is 4.20. The Kier molecular flexibility index (Phi) is 5.50. The van der Waals surface area contributed by atoms with Crippen molar-refractivity contribution in [1.29, 1.82) is 0 Å². The summed E-state index contributed by atoms with van der Waals surface area (Å²) in [6.45, 7) is 4.00. The molecule has 7 nitrogen and oxygen atoms in total. The zero-order valence-corrected chi connectivity index (χ0v) is 15.6. The molecule has 0 saturated carbocycles. The number of likely N-dealkylation sites (tertiary alicyclic amines) is 1. The van der Waals surface area contributed by atoms with Crippen LogP contribution in [0.2, 0.25) is 0 Å². The van der Waals surface area contributed by atoms with E-state index in [1.165, 1.54) is 5.56 Å². The number of hydrogen-bond donors (Lipinski definition) is 0. The van der Waals surface area contributed by atoms with Crippen LogP contribution in [0.25, 0.3) is 11.5 Å². The lowest BCUT2D eigenvalue weighted by molar-refractivity contribution is -0.150. The zero-order chi connectivity index (χ0) is 18.6. The maximum absolute atomic E-state index is 12.8. The van der Waals surface area contributed by atoms with Crippen LogP contribution in [-0.4, -0.2) is 53.1 Å². The Labute approximate surface area is 158 Å². The Morgan fingerprint density at radius 1 is 1.15 bits per heavy atom. The predicted octanol–water partition coefficient (Wildman–Crippen LogP) is 2.73. The first kappa shape index (κ1) is 18.1. The normalized spacial score (nSPS) is 20.9. The number of benzene rings is 1. The van der Waals surface area contributed by atoms with E-state index in [1.54, 1.807) is 0 Å². The van der Waals surface area contributed by atoms with Gasteiger partial charge in [0.25, 0.3) is 0 Å². The monoisotopic (exact) mass is 371 g/mol. The molecule has 1 amide bonds. The van der Waals surface area contributed by atoms with Crippen LogP contribution >= 0.6 is 0 Å². The Morgan fingerprint density at radius 3 is 2.70 bits per heavy atom. The number of aromatic nitrogens is 2. The van der Waals surface area contributed by atoms with Gasteiger partial charge in [0.1, 0.15) is 0 Å². The molecule has 1 aromatic carbocycles. The Balaban J connectivity index is 1.36. The lowest BCUT2D eigenvalue weighted by Crippen LogP contribution is -2.50. The topological polar surface area (TPSA) is 77.7 Å². The molecule has 2 aliphatic heterocycles. The average Bonchev–Trinajstić information content (AvgIpc) is 3.39. The van der Waals surface area contributed by atoms with E-state index >= 15 is 0 Å². The van der Waals surface area contributed by atoms with Crippen molar-refractivity contribution in [2.24, 2.45) is 0 Å². The Hall–Kier alpha value is -2.25. The summed E-state index contributed by atoms with van der Waals surface area (Å²) in [5.74, 6) is 1.07. The van der Waals surface area contributed by atoms with Crippen molar-refractivity contribution >= 4 is 5.91 Å². The minimum atomic E-state index is -0.286. The highest BCUT2D eigenvalue weighted by Crippen LogP contribution is 2.25. The van der Waals surface area contributed by atoms with Crippen molar-refractivity contribution in [2.75, 3.05) is 19.8 Å². The van der Waals surface area contributed by atoms with Crippen molar-refractivity contribution in [2.45, 2.75) is 51.4 Å². The largest absolute Gasteiger partial charge is 0.421 e. The molecule has 144 valence electrons. The van der Waals surface area contributed by atoms with E-state index in [1.807, 2.05) is 36.1 Å². The molecule has 0 N–H and O–H groups in total. The lowest BCUT2D eigenvalue weighted by atomic mass is 10.0. The van der Waals surface area contributed by atoms with E-state index in [4.69, 9.17) is 13.9 Å². The van der Waals surface area contributed by atoms with Gasteiger partial charge in [-0.2, -0.15) is 0 Å². The van der Waals surface area contributed by atoms with Gasteiger partial charge < -0.3 is 18.8 Å². The fraction of sp³-hybridized carbons (Fsp3) is 0.550. The molecule has 0 bridgehead atoms. The quantitative estimate of drug-likeness (QED) is 0.804. The third-order valence-electron chi connectivity index (χ3n) is 5.15. The number of amides is 1. The summed E-state index contributed by atoms with van der Waals surface area (Å²) >= 11 is 0. The molecule has 2 aliphatic rings. The number of carbonyl (C=O) groups excluding carboxylic acids is 1. The van der Waals surface area contributed by atoms with Gasteiger partial charge in [-0.25, -0.2) is 0 Å². The molecule has 7 heteroatoms. The molecule has 4 rings (SSSR count). The molecule has 0 radical (unpaired) electrons. The van der Waals surface area contributed by atoms with Gasteiger partial charge in [0.15, 0.2) is 6.29 Å². The van der Waals surface area contributed by atoms with E-state index in [2.05, 4.69) is 10.2 Å². The minimum absolute atomic E-state index is 0.0135. The van der Waals surface area contributed by atoms with E-state index < -0.39 is 0 Å². The van der Waals surface area contributed by atoms with Gasteiger partial charge in [0, 0.05) is 24.9 Å². The SMILES string of the molecule is Cc1ccc(-c2nnc(CCC(=O)N3CCCCC3C3OCCO3)o2)cc1. The summed E-state index contributed by atoms with van der Waals surface area (Å²) in [6.07, 6.45) is 3.54. The van der Waals surface area contributed by atoms with Gasteiger partial charge in [0.05, 0.1) is 19.3 Å². The summed E-state index contributed by atoms with van der Waals surface area (Å²) in [7, 11) is 0. The highest BCUT2D eigenvalue weighted by atomic mass is 16.7. The summed E-state index contributed by atoms with van der Waals surface area (Å²) < 4.78 is 17.0. The second-order valence-electron chi connectivity index (χ2n) is 7.13. The minimum Gasteiger partial charge on any atom is -0.421 e. The number of nitrogens with zero attached hydrogens (tertiary/aromatic N) is 3. The zero-order valence-electron chi connectivity index (χ0n) is 15.6. The second-order valence-corrected chi connectivity index (χ2v) is 7.13. The van der Waals surface area contributed by atoms with Gasteiger partial charge in [-0.15, -0.1) is 10.2 Å². The molecule has 0 aliphatic carbocycles. The number of aryl methyl sites for hydroxylation is 2. The number of rotatable bonds is 5. The van der Waals surface area contributed by atoms with Crippen LogP contribution in [-0.2, 0) is 20.7 Å². The van der Waals surface area contributed by atoms with Crippen LogP contribution in [0.3, 0.4) is 0 Å². The molecule has 0 spiro atoms. The first-order chi connectivity index (χ1) is 13.2. The molecule has 1 unspecified atom stereocenters. The molecule has 2 aromatic rings. The van der Waals surface area contributed by atoms with E-state index in [9.17, 15) is 4.79 Å². The summed E-state index contributed by atoms with van der Waals surface area (Å²) in [4.78, 5) is 14.7. The van der Waals surface area contributed by atoms with Crippen LogP contribution < -0.4 is 0 Å². The molecule has 1 atom stereocenters. The molecular formula is C20H25N3O4. The van der Waals surface area contributed by atoms with Crippen molar-refractivity contribution < 1.29 is 18.7 Å². The molecule has 2 fully saturated rings. The first-order valence-corrected chi connectivity index (χ1v) is 9.63. The predicted molar refractivity (Wildman–Crippen MR) is 97.8 cm³/mol. The fourth-order valence-electron chi connectivity index (χ4n) is 3.67. The molecular weight excluding hydrogens is 346 g/mol. The van der Waals surface area contributed by atoms with Gasteiger partial charge in [-0.05, 0) is 38.3 Å². The third-order valence-corrected chi connectivity index (χ3v) is 5.15. The van der Waals surface area contributed by atoms with Crippen molar-refractivity contribution in [1.82, 2.24) is 15.1 Å². The van der Waals surface area contributed by atoms with E-state index in [0.717, 1.165) is 31.4 Å². The number of ether oxygens (including phenoxy) is 2. The van der Waals surface area contributed by atoms with Crippen LogP contribution in [0.15, 0.2) is 28.7 Å². The molecule has 1 aromatic heterocycles. The van der Waals surface area contributed by atoms with Gasteiger partial charge >= 0.3 is 0 Å². The van der Waals surface area contributed by atoms with Crippen LogP contribution in [0.4, 0.5) is 0 Å². The Morgan fingerprint density at radius 2 is 1.93 bits per heavy atom. The molecule has 27 heavy (non-hydrogen) atoms. The Bertz CT molecular complexity index is 768. The standard InChI is InChI=1S/C20H25N3O4/c1-14-5-7-15(8-6-14)19-22-21-17(27-19)9-10-18(24)23-11-3-2-4-16(23)20-25-12-13-26-20/h5-8,16,20H,2-4,9-13H2,1H3. The van der Waals surface area contributed by atoms with E-state index in [-0.39, 0.29) is 18.2 Å². The summed E-state index contributed by atoms with van der Waals surface area (Å²) in [6, 6.07) is 7.94. The number of hydrogen-bond acceptors (Lipinski definition) is 6. The smallest absolute Gasteiger partial charge is 0.247 e. The van der Waals surface area contributed by atoms with Crippen molar-refractivity contribution in [3.05, 3.63) is 35.7 Å². The highest BCUT2D eigenvalue weighted by Gasteiger charge is 2.36. The highest BCUT2D eigenvalue weighted by molar-refractivity contribution is 5.76. The molecule has 2 saturated heterocycles.